The summed E-state index contributed by atoms with van der Waals surface area (Å²) in [6.07, 6.45) is 2.99. The van der Waals surface area contributed by atoms with Crippen LogP contribution in [0.3, 0.4) is 0 Å². The van der Waals surface area contributed by atoms with E-state index < -0.39 is 0 Å². The topological polar surface area (TPSA) is 83.8 Å². The first-order valence-electron chi connectivity index (χ1n) is 4.42. The molecule has 2 rings (SSSR count). The molecule has 0 aliphatic heterocycles. The fourth-order valence-corrected chi connectivity index (χ4v) is 1.19. The van der Waals surface area contributed by atoms with Gasteiger partial charge in [-0.3, -0.25) is 4.79 Å². The van der Waals surface area contributed by atoms with Crippen LogP contribution in [0.1, 0.15) is 0 Å². The first kappa shape index (κ1) is 9.26. The average Bonchev–Trinajstić information content (AvgIpc) is 2.22. The third-order valence-electron chi connectivity index (χ3n) is 1.86. The highest BCUT2D eigenvalue weighted by atomic mass is 16.1. The predicted molar refractivity (Wildman–Crippen MR) is 59.0 cm³/mol. The van der Waals surface area contributed by atoms with Crippen LogP contribution in [0.2, 0.25) is 0 Å². The van der Waals surface area contributed by atoms with Crippen LogP contribution in [0.15, 0.2) is 41.5 Å². The highest BCUT2D eigenvalue weighted by Crippen LogP contribution is 2.14. The molecule has 5 heteroatoms. The number of nitrogens with zero attached hydrogens (tertiary/aromatic N) is 1. The largest absolute Gasteiger partial charge is 0.399 e. The molecule has 0 fully saturated rings. The quantitative estimate of drug-likeness (QED) is 0.636. The van der Waals surface area contributed by atoms with Gasteiger partial charge in [-0.25, -0.2) is 4.98 Å². The number of nitrogens with two attached hydrogens (primary N) is 1. The summed E-state index contributed by atoms with van der Waals surface area (Å²) in [5.74, 6) is 0.253. The van der Waals surface area contributed by atoms with Crippen LogP contribution in [0.4, 0.5) is 17.2 Å². The van der Waals surface area contributed by atoms with E-state index in [0.29, 0.717) is 5.69 Å². The highest BCUT2D eigenvalue weighted by molar-refractivity contribution is 5.60. The van der Waals surface area contributed by atoms with Crippen molar-refractivity contribution in [2.45, 2.75) is 0 Å². The van der Waals surface area contributed by atoms with Gasteiger partial charge in [-0.2, -0.15) is 0 Å². The van der Waals surface area contributed by atoms with Gasteiger partial charge < -0.3 is 16.0 Å². The molecule has 0 aliphatic carbocycles. The van der Waals surface area contributed by atoms with E-state index in [4.69, 9.17) is 5.73 Å². The normalized spacial score (nSPS) is 9.87. The van der Waals surface area contributed by atoms with Crippen molar-refractivity contribution >= 4 is 17.2 Å². The number of aromatic amines is 1. The lowest BCUT2D eigenvalue weighted by Crippen LogP contribution is -2.12. The highest BCUT2D eigenvalue weighted by Gasteiger charge is 1.99. The standard InChI is InChI=1S/C10H10N4O/c11-7-2-1-3-8(6-7)14-9-10(15)13-5-4-12-9/h1-6H,11H2,(H,12,14)(H,13,15). The predicted octanol–water partition coefficient (Wildman–Crippen LogP) is 1.10. The molecule has 5 nitrogen and oxygen atoms in total. The first-order chi connectivity index (χ1) is 7.25. The Hall–Kier alpha value is -2.30. The SMILES string of the molecule is Nc1cccc(Nc2ncc[nH]c2=O)c1. The van der Waals surface area contributed by atoms with Crippen LogP contribution in [-0.4, -0.2) is 9.97 Å². The van der Waals surface area contributed by atoms with Crippen molar-refractivity contribution in [3.8, 4) is 0 Å². The maximum Gasteiger partial charge on any atom is 0.291 e. The smallest absolute Gasteiger partial charge is 0.291 e. The van der Waals surface area contributed by atoms with Crippen molar-refractivity contribution in [3.05, 3.63) is 47.0 Å². The molecule has 0 saturated heterocycles. The van der Waals surface area contributed by atoms with Gasteiger partial charge in [0.15, 0.2) is 5.82 Å². The number of nitrogen functional groups attached to an aromatic ring is 1. The maximum absolute atomic E-state index is 11.3. The number of H-pyrrole nitrogens is 1. The molecule has 0 bridgehead atoms. The Kier molecular flexibility index (Phi) is 2.37. The Labute approximate surface area is 86.0 Å². The van der Waals surface area contributed by atoms with E-state index in [0.717, 1.165) is 5.69 Å². The molecular formula is C10H10N4O. The summed E-state index contributed by atoms with van der Waals surface area (Å²) in [7, 11) is 0. The number of hydrogen-bond donors (Lipinski definition) is 3. The lowest BCUT2D eigenvalue weighted by molar-refractivity contribution is 1.14. The van der Waals surface area contributed by atoms with E-state index in [2.05, 4.69) is 15.3 Å². The zero-order valence-electron chi connectivity index (χ0n) is 7.90. The van der Waals surface area contributed by atoms with Gasteiger partial charge in [0.1, 0.15) is 0 Å². The molecule has 0 atom stereocenters. The number of rotatable bonds is 2. The molecule has 1 heterocycles. The Bertz CT molecular complexity index is 521. The lowest BCUT2D eigenvalue weighted by atomic mass is 10.3. The number of aromatic nitrogens is 2. The van der Waals surface area contributed by atoms with Gasteiger partial charge in [0.25, 0.3) is 5.56 Å². The van der Waals surface area contributed by atoms with Gasteiger partial charge in [0, 0.05) is 23.8 Å². The van der Waals surface area contributed by atoms with Gasteiger partial charge in [0.05, 0.1) is 0 Å². The van der Waals surface area contributed by atoms with Crippen molar-refractivity contribution in [1.29, 1.82) is 0 Å². The Balaban J connectivity index is 2.30. The molecule has 0 unspecified atom stereocenters. The fraction of sp³-hybridized carbons (Fsp3) is 0. The number of anilines is 3. The summed E-state index contributed by atoms with van der Waals surface area (Å²) in [4.78, 5) is 17.7. The van der Waals surface area contributed by atoms with Gasteiger partial charge in [-0.1, -0.05) is 6.07 Å². The van der Waals surface area contributed by atoms with Gasteiger partial charge in [-0.15, -0.1) is 0 Å². The molecule has 1 aromatic carbocycles. The molecule has 4 N–H and O–H groups in total. The summed E-state index contributed by atoms with van der Waals surface area (Å²) in [5.41, 5.74) is 6.71. The van der Waals surface area contributed by atoms with E-state index in [1.165, 1.54) is 12.4 Å². The molecule has 2 aromatic rings. The lowest BCUT2D eigenvalue weighted by Gasteiger charge is -2.04. The number of hydrogen-bond acceptors (Lipinski definition) is 4. The Morgan fingerprint density at radius 3 is 3.00 bits per heavy atom. The molecule has 0 radical (unpaired) electrons. The summed E-state index contributed by atoms with van der Waals surface area (Å²) in [5, 5.41) is 2.88. The summed E-state index contributed by atoms with van der Waals surface area (Å²) >= 11 is 0. The fourth-order valence-electron chi connectivity index (χ4n) is 1.19. The third kappa shape index (κ3) is 2.14. The monoisotopic (exact) mass is 202 g/mol. The molecule has 15 heavy (non-hydrogen) atoms. The zero-order chi connectivity index (χ0) is 10.7. The summed E-state index contributed by atoms with van der Waals surface area (Å²) < 4.78 is 0. The second-order valence-corrected chi connectivity index (χ2v) is 3.02. The minimum absolute atomic E-state index is 0.253. The van der Waals surface area contributed by atoms with Crippen molar-refractivity contribution in [3.63, 3.8) is 0 Å². The number of benzene rings is 1. The summed E-state index contributed by atoms with van der Waals surface area (Å²) in [6, 6.07) is 7.11. The van der Waals surface area contributed by atoms with Crippen LogP contribution in [-0.2, 0) is 0 Å². The molecule has 0 aliphatic rings. The van der Waals surface area contributed by atoms with Gasteiger partial charge in [-0.05, 0) is 18.2 Å². The van der Waals surface area contributed by atoms with Crippen molar-refractivity contribution < 1.29 is 0 Å². The summed E-state index contributed by atoms with van der Waals surface area (Å²) in [6.45, 7) is 0. The Morgan fingerprint density at radius 1 is 1.40 bits per heavy atom. The van der Waals surface area contributed by atoms with E-state index in [1.54, 1.807) is 18.2 Å². The van der Waals surface area contributed by atoms with Crippen molar-refractivity contribution in [2.24, 2.45) is 0 Å². The zero-order valence-corrected chi connectivity index (χ0v) is 7.90. The van der Waals surface area contributed by atoms with Gasteiger partial charge in [0.2, 0.25) is 0 Å². The number of nitrogens with one attached hydrogen (secondary N) is 2. The van der Waals surface area contributed by atoms with E-state index in [1.807, 2.05) is 6.07 Å². The molecule has 76 valence electrons. The molecule has 0 amide bonds. The van der Waals surface area contributed by atoms with Gasteiger partial charge >= 0.3 is 0 Å². The minimum Gasteiger partial charge on any atom is -0.399 e. The maximum atomic E-state index is 11.3. The van der Waals surface area contributed by atoms with Crippen LogP contribution in [0.5, 0.6) is 0 Å². The van der Waals surface area contributed by atoms with E-state index in [9.17, 15) is 4.79 Å². The van der Waals surface area contributed by atoms with Crippen LogP contribution in [0, 0.1) is 0 Å². The molecule has 1 aromatic heterocycles. The van der Waals surface area contributed by atoms with Crippen molar-refractivity contribution in [2.75, 3.05) is 11.1 Å². The third-order valence-corrected chi connectivity index (χ3v) is 1.86. The average molecular weight is 202 g/mol. The van der Waals surface area contributed by atoms with Crippen molar-refractivity contribution in [1.82, 2.24) is 9.97 Å². The van der Waals surface area contributed by atoms with E-state index in [-0.39, 0.29) is 11.4 Å². The van der Waals surface area contributed by atoms with Crippen LogP contribution >= 0.6 is 0 Å². The molecule has 0 saturated carbocycles. The van der Waals surface area contributed by atoms with E-state index >= 15 is 0 Å². The Morgan fingerprint density at radius 2 is 2.27 bits per heavy atom. The molecular weight excluding hydrogens is 192 g/mol. The van der Waals surface area contributed by atoms with Crippen LogP contribution < -0.4 is 16.6 Å². The second-order valence-electron chi connectivity index (χ2n) is 3.02. The van der Waals surface area contributed by atoms with Crippen LogP contribution in [0.25, 0.3) is 0 Å². The molecule has 0 spiro atoms. The minimum atomic E-state index is -0.264. The second kappa shape index (κ2) is 3.83. The first-order valence-corrected chi connectivity index (χ1v) is 4.42.